The molecule has 1 saturated carbocycles. The van der Waals surface area contributed by atoms with Crippen LogP contribution in [0.15, 0.2) is 16.2 Å². The Hall–Kier alpha value is -3.19. The van der Waals surface area contributed by atoms with E-state index in [1.165, 1.54) is 0 Å². The van der Waals surface area contributed by atoms with Crippen molar-refractivity contribution >= 4 is 31.3 Å². The molecule has 300 valence electrons. The molecule has 4 atom stereocenters. The minimum atomic E-state index is -2.84. The zero-order valence-corrected chi connectivity index (χ0v) is 36.2. The number of Topliss-reactive ketones (excluding diaryl/α,β-unsaturated/α-hetero) is 2. The number of fused-ring (bicyclic) bond motifs is 4. The Morgan fingerprint density at radius 1 is 1.04 bits per heavy atom. The molecule has 1 aromatic carbocycles. The first-order chi connectivity index (χ1) is 25.3. The van der Waals surface area contributed by atoms with Crippen LogP contribution in [-0.2, 0) is 22.2 Å². The van der Waals surface area contributed by atoms with Gasteiger partial charge in [0, 0.05) is 37.8 Å². The van der Waals surface area contributed by atoms with Crippen LogP contribution >= 0.6 is 0 Å². The van der Waals surface area contributed by atoms with Crippen molar-refractivity contribution in [3.05, 3.63) is 39.7 Å². The molecule has 1 fully saturated rings. The molecule has 1 aromatic heterocycles. The molecule has 0 bridgehead atoms. The minimum Gasteiger partial charge on any atom is -0.507 e. The maximum Gasteiger partial charge on any atom is 0.265 e. The normalized spacial score (nSPS) is 22.7. The first-order valence-electron chi connectivity index (χ1n) is 20.0. The Morgan fingerprint density at radius 3 is 2.26 bits per heavy atom. The maximum atomic E-state index is 15.8. The van der Waals surface area contributed by atoms with E-state index < -0.39 is 37.4 Å². The Labute approximate surface area is 324 Å². The molecule has 3 aliphatic carbocycles. The molecule has 0 unspecified atom stereocenters. The van der Waals surface area contributed by atoms with E-state index in [4.69, 9.17) is 18.4 Å². The summed E-state index contributed by atoms with van der Waals surface area (Å²) < 4.78 is 25.8. The van der Waals surface area contributed by atoms with E-state index in [0.29, 0.717) is 55.6 Å². The Kier molecular flexibility index (Phi) is 12.5. The van der Waals surface area contributed by atoms with Gasteiger partial charge in [-0.25, -0.2) is 0 Å². The molecule has 3 aliphatic rings. The molecule has 0 saturated heterocycles. The van der Waals surface area contributed by atoms with Crippen molar-refractivity contribution < 1.29 is 33.1 Å². The van der Waals surface area contributed by atoms with Gasteiger partial charge in [-0.3, -0.25) is 14.5 Å². The number of aliphatic hydroxyl groups is 1. The predicted molar refractivity (Wildman–Crippen MR) is 216 cm³/mol. The number of anilines is 1. The Morgan fingerprint density at radius 2 is 1.69 bits per heavy atom. The lowest BCUT2D eigenvalue weighted by molar-refractivity contribution is -0.140. The molecule has 2 N–H and O–H groups in total. The first-order valence-corrected chi connectivity index (χ1v) is 23.0. The van der Waals surface area contributed by atoms with Gasteiger partial charge >= 0.3 is 0 Å². The quantitative estimate of drug-likeness (QED) is 0.0977. The summed E-state index contributed by atoms with van der Waals surface area (Å²) in [7, 11) is 5.08. The van der Waals surface area contributed by atoms with Gasteiger partial charge in [0.2, 0.25) is 11.6 Å². The number of benzene rings is 1. The molecule has 54 heavy (non-hydrogen) atoms. The standard InChI is InChI=1S/C42H66N4O7Si/c1-14-16-18-50-30-22-27(24-43-23-25(3)4)34(45(8)9)28-20-26-21-29-35(46(10)11)37-33(40(44-52-37)51-19-17-15-2)39(49)42(29,53-54(12,13)41(5,6)7)38(48)31(26)36(47)32(28)30/h22,25-26,29,35,43,47H,14-21,23-24H2,1-13H3/t26-,29-,35-,42-/m0/s1. The summed E-state index contributed by atoms with van der Waals surface area (Å²) in [6, 6.07) is 1.50. The lowest BCUT2D eigenvalue weighted by Crippen LogP contribution is -2.68. The third-order valence-electron chi connectivity index (χ3n) is 11.9. The fraction of sp³-hybridized carbons (Fsp3) is 0.690. The smallest absolute Gasteiger partial charge is 0.265 e. The van der Waals surface area contributed by atoms with Crippen molar-refractivity contribution in [2.75, 3.05) is 52.8 Å². The number of ketones is 2. The summed E-state index contributed by atoms with van der Waals surface area (Å²) in [4.78, 5) is 35.3. The monoisotopic (exact) mass is 766 g/mol. The third kappa shape index (κ3) is 7.40. The number of carbonyl (C=O) groups excluding carboxylic acids is 2. The molecule has 11 nitrogen and oxygen atoms in total. The van der Waals surface area contributed by atoms with E-state index >= 15 is 9.59 Å². The fourth-order valence-electron chi connectivity index (χ4n) is 8.28. The van der Waals surface area contributed by atoms with Crippen LogP contribution in [0.4, 0.5) is 5.69 Å². The number of ether oxygens (including phenoxy) is 2. The van der Waals surface area contributed by atoms with E-state index in [1.807, 2.05) is 39.2 Å². The number of nitrogens with zero attached hydrogens (tertiary/aromatic N) is 3. The van der Waals surface area contributed by atoms with Crippen LogP contribution in [0.5, 0.6) is 11.6 Å². The molecule has 5 rings (SSSR count). The van der Waals surface area contributed by atoms with Crippen LogP contribution in [-0.4, -0.2) is 88.6 Å². The highest BCUT2D eigenvalue weighted by Gasteiger charge is 2.69. The molecule has 1 heterocycles. The highest BCUT2D eigenvalue weighted by atomic mass is 28.4. The molecule has 0 radical (unpaired) electrons. The van der Waals surface area contributed by atoms with Gasteiger partial charge in [-0.1, -0.05) is 61.3 Å². The lowest BCUT2D eigenvalue weighted by atomic mass is 9.57. The summed E-state index contributed by atoms with van der Waals surface area (Å²) in [5, 5.41) is 20.2. The number of rotatable bonds is 16. The molecular weight excluding hydrogens is 701 g/mol. The van der Waals surface area contributed by atoms with Gasteiger partial charge in [-0.15, -0.1) is 0 Å². The van der Waals surface area contributed by atoms with E-state index in [9.17, 15) is 5.11 Å². The van der Waals surface area contributed by atoms with Crippen molar-refractivity contribution in [3.63, 3.8) is 0 Å². The molecular formula is C42H66N4O7Si. The molecule has 0 spiro atoms. The Balaban J connectivity index is 1.78. The van der Waals surface area contributed by atoms with E-state index in [0.717, 1.165) is 49.0 Å². The van der Waals surface area contributed by atoms with Gasteiger partial charge in [0.05, 0.1) is 24.8 Å². The number of aliphatic hydroxyl groups excluding tert-OH is 1. The number of hydrogen-bond donors (Lipinski definition) is 2. The van der Waals surface area contributed by atoms with Crippen LogP contribution in [0.25, 0.3) is 5.76 Å². The zero-order valence-electron chi connectivity index (χ0n) is 35.2. The van der Waals surface area contributed by atoms with Crippen LogP contribution in [0, 0.1) is 17.8 Å². The van der Waals surface area contributed by atoms with Crippen molar-refractivity contribution in [1.29, 1.82) is 0 Å². The highest BCUT2D eigenvalue weighted by Crippen LogP contribution is 2.59. The van der Waals surface area contributed by atoms with Crippen LogP contribution in [0.3, 0.4) is 0 Å². The van der Waals surface area contributed by atoms with Gasteiger partial charge in [0.1, 0.15) is 17.1 Å². The number of nitrogens with one attached hydrogen (secondary N) is 1. The van der Waals surface area contributed by atoms with Crippen molar-refractivity contribution in [2.45, 2.75) is 123 Å². The Bertz CT molecular complexity index is 1740. The summed E-state index contributed by atoms with van der Waals surface area (Å²) in [6.07, 6.45) is 4.38. The second-order valence-corrected chi connectivity index (χ2v) is 22.7. The SMILES string of the molecule is CCCCOc1cc(CNCC(C)C)c(N(C)C)c2c1C(O)=C1C(=O)[C@]3(O[Si](C)(C)C(C)(C)C)C(=O)c4c(OCCCC)noc4[C@@H](N(C)C)[C@@H]3C[C@@H]1C2. The number of hydrogen-bond acceptors (Lipinski definition) is 11. The summed E-state index contributed by atoms with van der Waals surface area (Å²) in [5.41, 5.74) is 2.04. The molecule has 0 amide bonds. The number of aromatic nitrogens is 1. The summed E-state index contributed by atoms with van der Waals surface area (Å²) in [6.45, 7) is 21.3. The number of carbonyl (C=O) groups is 2. The zero-order chi connectivity index (χ0) is 39.9. The van der Waals surface area contributed by atoms with Gasteiger partial charge in [0.25, 0.3) is 5.88 Å². The molecule has 2 aromatic rings. The lowest BCUT2D eigenvalue weighted by Gasteiger charge is -2.55. The second-order valence-electron chi connectivity index (χ2n) is 18.0. The van der Waals surface area contributed by atoms with E-state index in [2.05, 4.69) is 76.9 Å². The largest absolute Gasteiger partial charge is 0.507 e. The summed E-state index contributed by atoms with van der Waals surface area (Å²) >= 11 is 0. The average molecular weight is 767 g/mol. The topological polar surface area (TPSA) is 127 Å². The molecule has 0 aliphatic heterocycles. The third-order valence-corrected chi connectivity index (χ3v) is 16.4. The number of unbranched alkanes of at least 4 members (excludes halogenated alkanes) is 2. The van der Waals surface area contributed by atoms with Gasteiger partial charge in [0.15, 0.2) is 19.7 Å². The van der Waals surface area contributed by atoms with Crippen molar-refractivity contribution in [1.82, 2.24) is 15.4 Å². The highest BCUT2D eigenvalue weighted by molar-refractivity contribution is 6.74. The van der Waals surface area contributed by atoms with Crippen LogP contribution in [0.1, 0.15) is 119 Å². The van der Waals surface area contributed by atoms with Crippen molar-refractivity contribution in [3.8, 4) is 11.6 Å². The van der Waals surface area contributed by atoms with Crippen LogP contribution < -0.4 is 19.7 Å². The fourth-order valence-corrected chi connectivity index (χ4v) is 9.72. The van der Waals surface area contributed by atoms with Gasteiger partial charge in [-0.2, -0.15) is 0 Å². The van der Waals surface area contributed by atoms with Gasteiger partial charge in [-0.05, 0) is 98.6 Å². The predicted octanol–water partition coefficient (Wildman–Crippen LogP) is 8.13. The van der Waals surface area contributed by atoms with Crippen LogP contribution in [0.2, 0.25) is 18.1 Å². The van der Waals surface area contributed by atoms with E-state index in [1.54, 1.807) is 0 Å². The molecule has 12 heteroatoms. The van der Waals surface area contributed by atoms with Gasteiger partial charge < -0.3 is 33.7 Å². The van der Waals surface area contributed by atoms with Crippen molar-refractivity contribution in [2.24, 2.45) is 17.8 Å². The summed E-state index contributed by atoms with van der Waals surface area (Å²) in [5.74, 6) is -0.568. The second kappa shape index (κ2) is 16.1. The minimum absolute atomic E-state index is 0.0925. The first kappa shape index (κ1) is 42.0. The maximum absolute atomic E-state index is 15.8. The van der Waals surface area contributed by atoms with E-state index in [-0.39, 0.29) is 33.7 Å². The average Bonchev–Trinajstić information content (AvgIpc) is 3.48.